The summed E-state index contributed by atoms with van der Waals surface area (Å²) in [5.74, 6) is -1.02. The van der Waals surface area contributed by atoms with Crippen LogP contribution in [0.2, 0.25) is 0 Å². The summed E-state index contributed by atoms with van der Waals surface area (Å²) in [6, 6.07) is 12.9. The maximum atomic E-state index is 12.4. The average Bonchev–Trinajstić information content (AvgIpc) is 2.53. The van der Waals surface area contributed by atoms with Crippen LogP contribution in [0.15, 0.2) is 57.7 Å². The van der Waals surface area contributed by atoms with E-state index in [9.17, 15) is 19.8 Å². The highest BCUT2D eigenvalue weighted by atomic mass is 16.4. The summed E-state index contributed by atoms with van der Waals surface area (Å²) >= 11 is 0. The third-order valence-corrected chi connectivity index (χ3v) is 3.93. The molecular weight excluding hydrogens is 308 g/mol. The van der Waals surface area contributed by atoms with Crippen molar-refractivity contribution in [2.24, 2.45) is 0 Å². The Morgan fingerprint density at radius 2 is 1.88 bits per heavy atom. The molecule has 0 spiro atoms. The second-order valence-electron chi connectivity index (χ2n) is 5.70. The molecule has 0 aliphatic carbocycles. The molecule has 3 rings (SSSR count). The maximum Gasteiger partial charge on any atom is 0.343 e. The lowest BCUT2D eigenvalue weighted by atomic mass is 9.87. The summed E-state index contributed by atoms with van der Waals surface area (Å²) in [5, 5.41) is 20.7. The van der Waals surface area contributed by atoms with Gasteiger partial charge in [0.15, 0.2) is 0 Å². The highest BCUT2D eigenvalue weighted by Gasteiger charge is 2.26. The highest BCUT2D eigenvalue weighted by Crippen LogP contribution is 2.36. The number of carbonyl (C=O) groups excluding carboxylic acids is 1. The van der Waals surface area contributed by atoms with Gasteiger partial charge in [0.1, 0.15) is 22.9 Å². The van der Waals surface area contributed by atoms with Crippen molar-refractivity contribution in [3.8, 4) is 11.5 Å². The predicted octanol–water partition coefficient (Wildman–Crippen LogP) is 3.32. The number of hydrogen-bond acceptors (Lipinski definition) is 5. The third kappa shape index (κ3) is 2.88. The van der Waals surface area contributed by atoms with Crippen molar-refractivity contribution in [1.82, 2.24) is 0 Å². The molecule has 1 heterocycles. The van der Waals surface area contributed by atoms with E-state index in [4.69, 9.17) is 4.42 Å². The van der Waals surface area contributed by atoms with Gasteiger partial charge in [0.2, 0.25) is 0 Å². The molecule has 5 heteroatoms. The number of phenolic OH excluding ortho intramolecular Hbond substituents is 1. The van der Waals surface area contributed by atoms with Crippen molar-refractivity contribution in [3.05, 3.63) is 70.1 Å². The van der Waals surface area contributed by atoms with Gasteiger partial charge in [-0.25, -0.2) is 4.79 Å². The molecule has 0 aliphatic heterocycles. The van der Waals surface area contributed by atoms with Crippen molar-refractivity contribution in [2.45, 2.75) is 19.3 Å². The van der Waals surface area contributed by atoms with E-state index >= 15 is 0 Å². The third-order valence-electron chi connectivity index (χ3n) is 3.93. The number of benzene rings is 2. The standard InChI is InChI=1S/C19H16O5/c1-11(20)9-15(12-5-4-6-13(21)10-12)17-18(22)14-7-2-3-8-16(14)24-19(17)23/h2-8,10,15,21-22H,9H2,1H3. The second kappa shape index (κ2) is 6.20. The molecule has 0 radical (unpaired) electrons. The summed E-state index contributed by atoms with van der Waals surface area (Å²) in [7, 11) is 0. The smallest absolute Gasteiger partial charge is 0.343 e. The number of ketones is 1. The number of rotatable bonds is 4. The van der Waals surface area contributed by atoms with Crippen molar-refractivity contribution in [3.63, 3.8) is 0 Å². The number of phenols is 1. The Hall–Kier alpha value is -3.08. The van der Waals surface area contributed by atoms with Crippen molar-refractivity contribution >= 4 is 16.8 Å². The Morgan fingerprint density at radius 3 is 2.58 bits per heavy atom. The number of Topliss-reactive ketones (excluding diaryl/α,β-unsaturated/α-hetero) is 1. The minimum Gasteiger partial charge on any atom is -0.508 e. The zero-order chi connectivity index (χ0) is 17.3. The highest BCUT2D eigenvalue weighted by molar-refractivity contribution is 5.85. The quantitative estimate of drug-likeness (QED) is 0.719. The van der Waals surface area contributed by atoms with Gasteiger partial charge in [-0.2, -0.15) is 0 Å². The van der Waals surface area contributed by atoms with Crippen molar-refractivity contribution < 1.29 is 19.4 Å². The van der Waals surface area contributed by atoms with E-state index in [1.165, 1.54) is 19.1 Å². The molecule has 5 nitrogen and oxygen atoms in total. The molecule has 2 aromatic carbocycles. The molecule has 122 valence electrons. The van der Waals surface area contributed by atoms with Gasteiger partial charge in [-0.15, -0.1) is 0 Å². The van der Waals surface area contributed by atoms with Crippen LogP contribution in [0.4, 0.5) is 0 Å². The Kier molecular flexibility index (Phi) is 4.08. The van der Waals surface area contributed by atoms with Gasteiger partial charge in [0, 0.05) is 12.3 Å². The molecular formula is C19H16O5. The number of para-hydroxylation sites is 1. The first-order chi connectivity index (χ1) is 11.5. The molecule has 24 heavy (non-hydrogen) atoms. The largest absolute Gasteiger partial charge is 0.508 e. The van der Waals surface area contributed by atoms with Gasteiger partial charge in [-0.1, -0.05) is 24.3 Å². The molecule has 0 aliphatic rings. The van der Waals surface area contributed by atoms with Crippen LogP contribution >= 0.6 is 0 Å². The lowest BCUT2D eigenvalue weighted by Gasteiger charge is -2.17. The number of fused-ring (bicyclic) bond motifs is 1. The molecule has 1 unspecified atom stereocenters. The minimum absolute atomic E-state index is 0.0140. The van der Waals surface area contributed by atoms with Gasteiger partial charge in [-0.05, 0) is 36.8 Å². The Morgan fingerprint density at radius 1 is 1.12 bits per heavy atom. The minimum atomic E-state index is -0.699. The molecule has 3 aromatic rings. The van der Waals surface area contributed by atoms with E-state index in [2.05, 4.69) is 0 Å². The molecule has 0 saturated carbocycles. The van der Waals surface area contributed by atoms with Gasteiger partial charge in [0.25, 0.3) is 0 Å². The maximum absolute atomic E-state index is 12.4. The van der Waals surface area contributed by atoms with E-state index in [0.29, 0.717) is 10.9 Å². The Balaban J connectivity index is 2.27. The van der Waals surface area contributed by atoms with E-state index in [1.807, 2.05) is 0 Å². The van der Waals surface area contributed by atoms with E-state index in [-0.39, 0.29) is 34.8 Å². The van der Waals surface area contributed by atoms with Crippen LogP contribution in [0.25, 0.3) is 11.0 Å². The Bertz CT molecular complexity index is 971. The van der Waals surface area contributed by atoms with Crippen LogP contribution in [0.5, 0.6) is 11.5 Å². The average molecular weight is 324 g/mol. The van der Waals surface area contributed by atoms with Crippen molar-refractivity contribution in [1.29, 1.82) is 0 Å². The monoisotopic (exact) mass is 324 g/mol. The second-order valence-corrected chi connectivity index (χ2v) is 5.70. The van der Waals surface area contributed by atoms with Gasteiger partial charge >= 0.3 is 5.63 Å². The zero-order valence-corrected chi connectivity index (χ0v) is 13.0. The topological polar surface area (TPSA) is 87.7 Å². The van der Waals surface area contributed by atoms with Crippen LogP contribution in [-0.4, -0.2) is 16.0 Å². The van der Waals surface area contributed by atoms with Gasteiger partial charge in [-0.3, -0.25) is 4.79 Å². The number of carbonyl (C=O) groups is 1. The summed E-state index contributed by atoms with van der Waals surface area (Å²) in [6.45, 7) is 1.41. The summed E-state index contributed by atoms with van der Waals surface area (Å²) in [5.41, 5.74) is 0.166. The van der Waals surface area contributed by atoms with Gasteiger partial charge in [0.05, 0.1) is 10.9 Å². The number of hydrogen-bond donors (Lipinski definition) is 2. The molecule has 1 aromatic heterocycles. The van der Waals surface area contributed by atoms with Crippen LogP contribution in [0.1, 0.15) is 30.4 Å². The fraction of sp³-hybridized carbons (Fsp3) is 0.158. The normalized spacial score (nSPS) is 12.2. The van der Waals surface area contributed by atoms with Crippen LogP contribution in [0.3, 0.4) is 0 Å². The molecule has 0 fully saturated rings. The van der Waals surface area contributed by atoms with E-state index < -0.39 is 11.5 Å². The first kappa shape index (κ1) is 15.8. The molecule has 1 atom stereocenters. The predicted molar refractivity (Wildman–Crippen MR) is 89.4 cm³/mol. The zero-order valence-electron chi connectivity index (χ0n) is 13.0. The van der Waals surface area contributed by atoms with Crippen molar-refractivity contribution in [2.75, 3.05) is 0 Å². The fourth-order valence-electron chi connectivity index (χ4n) is 2.87. The van der Waals surface area contributed by atoms with Crippen LogP contribution in [-0.2, 0) is 4.79 Å². The molecule has 2 N–H and O–H groups in total. The van der Waals surface area contributed by atoms with E-state index in [0.717, 1.165) is 0 Å². The molecule has 0 bridgehead atoms. The van der Waals surface area contributed by atoms with Crippen LogP contribution in [0, 0.1) is 0 Å². The Labute approximate surface area is 137 Å². The molecule has 0 amide bonds. The van der Waals surface area contributed by atoms with Gasteiger partial charge < -0.3 is 14.6 Å². The fourth-order valence-corrected chi connectivity index (χ4v) is 2.87. The van der Waals surface area contributed by atoms with Crippen LogP contribution < -0.4 is 5.63 Å². The lowest BCUT2D eigenvalue weighted by Crippen LogP contribution is -2.16. The summed E-state index contributed by atoms with van der Waals surface area (Å²) in [4.78, 5) is 24.1. The summed E-state index contributed by atoms with van der Waals surface area (Å²) in [6.07, 6.45) is 0.0140. The lowest BCUT2D eigenvalue weighted by molar-refractivity contribution is -0.117. The summed E-state index contributed by atoms with van der Waals surface area (Å²) < 4.78 is 5.30. The first-order valence-corrected chi connectivity index (χ1v) is 7.50. The number of aromatic hydroxyl groups is 2. The SMILES string of the molecule is CC(=O)CC(c1cccc(O)c1)c1c(O)c2ccccc2oc1=O. The van der Waals surface area contributed by atoms with E-state index in [1.54, 1.807) is 36.4 Å². The molecule has 0 saturated heterocycles. The first-order valence-electron chi connectivity index (χ1n) is 7.50.